The van der Waals surface area contributed by atoms with Crippen molar-refractivity contribution in [2.75, 3.05) is 37.6 Å². The molecule has 116 valence electrons. The van der Waals surface area contributed by atoms with E-state index in [0.717, 1.165) is 24.6 Å². The zero-order valence-electron chi connectivity index (χ0n) is 12.5. The van der Waals surface area contributed by atoms with Crippen molar-refractivity contribution in [3.63, 3.8) is 0 Å². The first-order chi connectivity index (χ1) is 10.3. The maximum atomic E-state index is 13.3. The Morgan fingerprint density at radius 2 is 1.81 bits per heavy atom. The van der Waals surface area contributed by atoms with Crippen LogP contribution in [0.25, 0.3) is 0 Å². The number of anilines is 1. The van der Waals surface area contributed by atoms with Crippen LogP contribution in [-0.2, 0) is 5.33 Å². The van der Waals surface area contributed by atoms with Crippen molar-refractivity contribution in [2.45, 2.75) is 31.0 Å². The number of hydrogen-bond donors (Lipinski definition) is 0. The molecule has 2 aliphatic heterocycles. The molecule has 1 aromatic rings. The molecule has 2 fully saturated rings. The molecule has 0 radical (unpaired) electrons. The van der Waals surface area contributed by atoms with Crippen molar-refractivity contribution >= 4 is 21.6 Å². The number of piperidine rings is 1. The van der Waals surface area contributed by atoms with Crippen molar-refractivity contribution in [2.24, 2.45) is 5.92 Å². The average Bonchev–Trinajstić information content (AvgIpc) is 3.01. The summed E-state index contributed by atoms with van der Waals surface area (Å²) in [7, 11) is 0. The van der Waals surface area contributed by atoms with E-state index >= 15 is 0 Å². The van der Waals surface area contributed by atoms with Gasteiger partial charge in [0.2, 0.25) is 0 Å². The van der Waals surface area contributed by atoms with E-state index < -0.39 is 0 Å². The van der Waals surface area contributed by atoms with Crippen molar-refractivity contribution < 1.29 is 4.39 Å². The van der Waals surface area contributed by atoms with Gasteiger partial charge < -0.3 is 9.80 Å². The van der Waals surface area contributed by atoms with Gasteiger partial charge in [-0.3, -0.25) is 0 Å². The fraction of sp³-hybridized carbons (Fsp3) is 0.647. The highest BCUT2D eigenvalue weighted by molar-refractivity contribution is 9.08. The monoisotopic (exact) mass is 354 g/mol. The van der Waals surface area contributed by atoms with Crippen molar-refractivity contribution in [1.82, 2.24) is 4.90 Å². The molecule has 0 aliphatic carbocycles. The predicted molar refractivity (Wildman–Crippen MR) is 89.6 cm³/mol. The SMILES string of the molecule is Fc1ccc(N2CCC(CN3CCCC3)CC2)c(CBr)c1. The molecule has 0 spiro atoms. The third kappa shape index (κ3) is 3.78. The smallest absolute Gasteiger partial charge is 0.123 e. The minimum Gasteiger partial charge on any atom is -0.371 e. The fourth-order valence-electron chi connectivity index (χ4n) is 3.66. The van der Waals surface area contributed by atoms with E-state index in [1.165, 1.54) is 51.0 Å². The Morgan fingerprint density at radius 1 is 1.10 bits per heavy atom. The summed E-state index contributed by atoms with van der Waals surface area (Å²) in [5.41, 5.74) is 2.26. The lowest BCUT2D eigenvalue weighted by Crippen LogP contribution is -2.38. The summed E-state index contributed by atoms with van der Waals surface area (Å²) in [4.78, 5) is 5.05. The molecule has 0 saturated carbocycles. The van der Waals surface area contributed by atoms with Gasteiger partial charge in [-0.05, 0) is 68.5 Å². The van der Waals surface area contributed by atoms with Crippen LogP contribution in [0.4, 0.5) is 10.1 Å². The molecule has 0 bridgehead atoms. The summed E-state index contributed by atoms with van der Waals surface area (Å²) in [5, 5.41) is 0.716. The normalized spacial score (nSPS) is 21.1. The molecule has 2 saturated heterocycles. The fourth-order valence-corrected chi connectivity index (χ4v) is 4.11. The second-order valence-electron chi connectivity index (χ2n) is 6.34. The van der Waals surface area contributed by atoms with Crippen LogP contribution in [0.5, 0.6) is 0 Å². The van der Waals surface area contributed by atoms with Gasteiger partial charge >= 0.3 is 0 Å². The molecule has 0 aromatic heterocycles. The van der Waals surface area contributed by atoms with E-state index in [1.54, 1.807) is 12.1 Å². The predicted octanol–water partition coefficient (Wildman–Crippen LogP) is 4.03. The first-order valence-corrected chi connectivity index (χ1v) is 9.20. The number of nitrogens with zero attached hydrogens (tertiary/aromatic N) is 2. The van der Waals surface area contributed by atoms with Gasteiger partial charge in [-0.1, -0.05) is 15.9 Å². The van der Waals surface area contributed by atoms with E-state index in [0.29, 0.717) is 5.33 Å². The summed E-state index contributed by atoms with van der Waals surface area (Å²) in [6.45, 7) is 6.08. The highest BCUT2D eigenvalue weighted by atomic mass is 79.9. The Morgan fingerprint density at radius 3 is 2.48 bits per heavy atom. The lowest BCUT2D eigenvalue weighted by Gasteiger charge is -2.36. The second kappa shape index (κ2) is 7.10. The van der Waals surface area contributed by atoms with Crippen LogP contribution >= 0.6 is 15.9 Å². The van der Waals surface area contributed by atoms with Crippen LogP contribution in [0.3, 0.4) is 0 Å². The van der Waals surface area contributed by atoms with Gasteiger partial charge in [0.1, 0.15) is 5.82 Å². The minimum atomic E-state index is -0.142. The van der Waals surface area contributed by atoms with Gasteiger partial charge in [-0.15, -0.1) is 0 Å². The summed E-state index contributed by atoms with van der Waals surface area (Å²) in [6.07, 6.45) is 5.28. The molecule has 4 heteroatoms. The van der Waals surface area contributed by atoms with E-state index in [4.69, 9.17) is 0 Å². The third-order valence-electron chi connectivity index (χ3n) is 4.86. The van der Waals surface area contributed by atoms with E-state index in [-0.39, 0.29) is 5.82 Å². The molecule has 2 heterocycles. The van der Waals surface area contributed by atoms with Crippen molar-refractivity contribution in [3.05, 3.63) is 29.6 Å². The van der Waals surface area contributed by atoms with E-state index in [9.17, 15) is 4.39 Å². The maximum absolute atomic E-state index is 13.3. The summed E-state index contributed by atoms with van der Waals surface area (Å²) in [5.74, 6) is 0.698. The Balaban J connectivity index is 1.57. The molecule has 2 aliphatic rings. The second-order valence-corrected chi connectivity index (χ2v) is 6.91. The molecular weight excluding hydrogens is 331 g/mol. The highest BCUT2D eigenvalue weighted by Gasteiger charge is 2.23. The maximum Gasteiger partial charge on any atom is 0.123 e. The molecule has 0 N–H and O–H groups in total. The van der Waals surface area contributed by atoms with Gasteiger partial charge in [0.25, 0.3) is 0 Å². The summed E-state index contributed by atoms with van der Waals surface area (Å²) < 4.78 is 13.3. The summed E-state index contributed by atoms with van der Waals surface area (Å²) in [6, 6.07) is 5.17. The average molecular weight is 355 g/mol. The van der Waals surface area contributed by atoms with Crippen LogP contribution in [0, 0.1) is 11.7 Å². The Labute approximate surface area is 135 Å². The minimum absolute atomic E-state index is 0.142. The van der Waals surface area contributed by atoms with Gasteiger partial charge in [0.15, 0.2) is 0 Å². The lowest BCUT2D eigenvalue weighted by molar-refractivity contribution is 0.249. The highest BCUT2D eigenvalue weighted by Crippen LogP contribution is 2.29. The molecular formula is C17H24BrFN2. The number of benzene rings is 1. The first-order valence-electron chi connectivity index (χ1n) is 8.08. The van der Waals surface area contributed by atoms with E-state index in [1.807, 2.05) is 6.07 Å². The molecule has 3 rings (SSSR count). The molecule has 0 atom stereocenters. The molecule has 1 aromatic carbocycles. The van der Waals surface area contributed by atoms with Crippen molar-refractivity contribution in [1.29, 1.82) is 0 Å². The number of halogens is 2. The zero-order chi connectivity index (χ0) is 14.7. The Hall–Kier alpha value is -0.610. The van der Waals surface area contributed by atoms with E-state index in [2.05, 4.69) is 25.7 Å². The van der Waals surface area contributed by atoms with Crippen LogP contribution in [0.1, 0.15) is 31.2 Å². The number of rotatable bonds is 4. The number of alkyl halides is 1. The van der Waals surface area contributed by atoms with Gasteiger partial charge in [-0.25, -0.2) is 4.39 Å². The Bertz CT molecular complexity index is 466. The summed E-state index contributed by atoms with van der Waals surface area (Å²) >= 11 is 3.48. The third-order valence-corrected chi connectivity index (χ3v) is 5.46. The molecule has 0 amide bonds. The number of likely N-dealkylation sites (tertiary alicyclic amines) is 1. The molecule has 2 nitrogen and oxygen atoms in total. The topological polar surface area (TPSA) is 6.48 Å². The van der Waals surface area contributed by atoms with Gasteiger partial charge in [0.05, 0.1) is 0 Å². The molecule has 0 unspecified atom stereocenters. The molecule has 21 heavy (non-hydrogen) atoms. The van der Waals surface area contributed by atoms with Crippen LogP contribution in [0.2, 0.25) is 0 Å². The number of hydrogen-bond acceptors (Lipinski definition) is 2. The van der Waals surface area contributed by atoms with Gasteiger partial charge in [-0.2, -0.15) is 0 Å². The van der Waals surface area contributed by atoms with Crippen molar-refractivity contribution in [3.8, 4) is 0 Å². The van der Waals surface area contributed by atoms with Crippen LogP contribution in [-0.4, -0.2) is 37.6 Å². The quantitative estimate of drug-likeness (QED) is 0.753. The standard InChI is InChI=1S/C17H24BrFN2/c18-12-15-11-16(19)3-4-17(15)21-9-5-14(6-10-21)13-20-7-1-2-8-20/h3-4,11,14H,1-2,5-10,12-13H2. The lowest BCUT2D eigenvalue weighted by atomic mass is 9.95. The first kappa shape index (κ1) is 15.3. The Kier molecular flexibility index (Phi) is 5.17. The zero-order valence-corrected chi connectivity index (χ0v) is 14.1. The largest absolute Gasteiger partial charge is 0.371 e. The van der Waals surface area contributed by atoms with Gasteiger partial charge in [0, 0.05) is 30.7 Å². The van der Waals surface area contributed by atoms with Crippen LogP contribution < -0.4 is 4.90 Å². The van der Waals surface area contributed by atoms with Crippen LogP contribution in [0.15, 0.2) is 18.2 Å².